The van der Waals surface area contributed by atoms with E-state index in [0.29, 0.717) is 6.04 Å². The van der Waals surface area contributed by atoms with Gasteiger partial charge in [-0.2, -0.15) is 0 Å². The van der Waals surface area contributed by atoms with E-state index in [4.69, 9.17) is 0 Å². The van der Waals surface area contributed by atoms with Crippen LogP contribution in [0.2, 0.25) is 0 Å². The second kappa shape index (κ2) is 4.48. The summed E-state index contributed by atoms with van der Waals surface area (Å²) in [4.78, 5) is 10.4. The van der Waals surface area contributed by atoms with Gasteiger partial charge in [0.25, 0.3) is 0 Å². The van der Waals surface area contributed by atoms with Crippen LogP contribution in [0.4, 0.5) is 0 Å². The van der Waals surface area contributed by atoms with E-state index in [2.05, 4.69) is 29.1 Å². The Balaban J connectivity index is 1.92. The van der Waals surface area contributed by atoms with Crippen LogP contribution in [0.25, 0.3) is 0 Å². The highest BCUT2D eigenvalue weighted by Gasteiger charge is 2.29. The normalized spacial score (nSPS) is 17.3. The van der Waals surface area contributed by atoms with E-state index in [1.54, 1.807) is 22.7 Å². The fraction of sp³-hybridized carbons (Fsp3) is 0.500. The molecule has 1 N–H and O–H groups in total. The van der Waals surface area contributed by atoms with Crippen molar-refractivity contribution in [1.82, 2.24) is 15.3 Å². The smallest absolute Gasteiger partial charge is 0.117 e. The summed E-state index contributed by atoms with van der Waals surface area (Å²) in [6, 6.07) is 0.855. The van der Waals surface area contributed by atoms with Gasteiger partial charge in [-0.05, 0) is 26.7 Å². The topological polar surface area (TPSA) is 37.8 Å². The minimum absolute atomic E-state index is 0.194. The summed E-state index contributed by atoms with van der Waals surface area (Å²) in [5, 5.41) is 7.96. The molecule has 1 aliphatic rings. The molecule has 0 bridgehead atoms. The Hall–Kier alpha value is -0.780. The van der Waals surface area contributed by atoms with Crippen LogP contribution < -0.4 is 5.32 Å². The SMILES string of the molecule is Cc1nc(C(NC2CC2)c2nccs2)sc1C. The van der Waals surface area contributed by atoms with Gasteiger partial charge in [0.15, 0.2) is 0 Å². The van der Waals surface area contributed by atoms with Crippen LogP contribution in [0.5, 0.6) is 0 Å². The molecule has 17 heavy (non-hydrogen) atoms. The van der Waals surface area contributed by atoms with Gasteiger partial charge in [-0.25, -0.2) is 9.97 Å². The summed E-state index contributed by atoms with van der Waals surface area (Å²) >= 11 is 3.49. The van der Waals surface area contributed by atoms with Crippen molar-refractivity contribution in [2.75, 3.05) is 0 Å². The molecule has 0 saturated heterocycles. The minimum atomic E-state index is 0.194. The fourth-order valence-electron chi connectivity index (χ4n) is 1.73. The third kappa shape index (κ3) is 2.41. The number of hydrogen-bond donors (Lipinski definition) is 1. The Kier molecular flexibility index (Phi) is 2.98. The maximum atomic E-state index is 4.67. The number of nitrogens with zero attached hydrogens (tertiary/aromatic N) is 2. The second-order valence-corrected chi connectivity index (χ2v) is 6.60. The first kappa shape index (κ1) is 11.3. The zero-order valence-electron chi connectivity index (χ0n) is 9.93. The van der Waals surface area contributed by atoms with E-state index in [9.17, 15) is 0 Å². The number of rotatable bonds is 4. The molecular formula is C12H15N3S2. The van der Waals surface area contributed by atoms with Crippen molar-refractivity contribution >= 4 is 22.7 Å². The minimum Gasteiger partial charge on any atom is -0.299 e. The van der Waals surface area contributed by atoms with Crippen molar-refractivity contribution in [3.8, 4) is 0 Å². The summed E-state index contributed by atoms with van der Waals surface area (Å²) in [5.41, 5.74) is 1.14. The monoisotopic (exact) mass is 265 g/mol. The highest BCUT2D eigenvalue weighted by Crippen LogP contribution is 2.32. The van der Waals surface area contributed by atoms with E-state index >= 15 is 0 Å². The van der Waals surface area contributed by atoms with Crippen LogP contribution in [0.15, 0.2) is 11.6 Å². The predicted octanol–water partition coefficient (Wildman–Crippen LogP) is 3.06. The van der Waals surface area contributed by atoms with E-state index < -0.39 is 0 Å². The number of thiazole rings is 2. The molecule has 1 atom stereocenters. The summed E-state index contributed by atoms with van der Waals surface area (Å²) in [6.07, 6.45) is 4.44. The Morgan fingerprint density at radius 1 is 1.35 bits per heavy atom. The lowest BCUT2D eigenvalue weighted by Crippen LogP contribution is -2.24. The predicted molar refractivity (Wildman–Crippen MR) is 71.7 cm³/mol. The van der Waals surface area contributed by atoms with E-state index in [1.165, 1.54) is 17.7 Å². The molecule has 3 nitrogen and oxygen atoms in total. The molecule has 1 saturated carbocycles. The Bertz CT molecular complexity index is 480. The molecule has 0 aliphatic heterocycles. The Labute approximate surface area is 109 Å². The molecule has 3 rings (SSSR count). The van der Waals surface area contributed by atoms with Gasteiger partial charge in [-0.1, -0.05) is 0 Å². The Morgan fingerprint density at radius 2 is 2.18 bits per heavy atom. The number of hydrogen-bond acceptors (Lipinski definition) is 5. The van der Waals surface area contributed by atoms with Crippen molar-refractivity contribution in [2.45, 2.75) is 38.8 Å². The Morgan fingerprint density at radius 3 is 2.71 bits per heavy atom. The summed E-state index contributed by atoms with van der Waals surface area (Å²) in [5.74, 6) is 0. The van der Waals surface area contributed by atoms with E-state index in [1.807, 2.05) is 11.6 Å². The van der Waals surface area contributed by atoms with E-state index in [0.717, 1.165) is 15.7 Å². The van der Waals surface area contributed by atoms with Crippen LogP contribution in [0.3, 0.4) is 0 Å². The molecule has 0 spiro atoms. The summed E-state index contributed by atoms with van der Waals surface area (Å²) in [6.45, 7) is 4.21. The van der Waals surface area contributed by atoms with Gasteiger partial charge in [-0.3, -0.25) is 5.32 Å². The lowest BCUT2D eigenvalue weighted by Gasteiger charge is -2.13. The highest BCUT2D eigenvalue weighted by molar-refractivity contribution is 7.12. The molecule has 1 fully saturated rings. The van der Waals surface area contributed by atoms with Crippen molar-refractivity contribution < 1.29 is 0 Å². The summed E-state index contributed by atoms with van der Waals surface area (Å²) < 4.78 is 0. The van der Waals surface area contributed by atoms with Crippen LogP contribution in [0.1, 0.15) is 39.5 Å². The second-order valence-electron chi connectivity index (χ2n) is 4.44. The van der Waals surface area contributed by atoms with Gasteiger partial charge in [0.2, 0.25) is 0 Å². The molecule has 2 aromatic rings. The average Bonchev–Trinajstić information content (AvgIpc) is 2.84. The van der Waals surface area contributed by atoms with Crippen molar-refractivity contribution in [1.29, 1.82) is 0 Å². The first-order valence-electron chi connectivity index (χ1n) is 5.83. The molecule has 90 valence electrons. The molecule has 0 amide bonds. The number of nitrogens with one attached hydrogen (secondary N) is 1. The maximum Gasteiger partial charge on any atom is 0.117 e. The molecule has 0 aromatic carbocycles. The fourth-order valence-corrected chi connectivity index (χ4v) is 3.49. The summed E-state index contributed by atoms with van der Waals surface area (Å²) in [7, 11) is 0. The molecular weight excluding hydrogens is 250 g/mol. The van der Waals surface area contributed by atoms with Crippen molar-refractivity contribution in [3.63, 3.8) is 0 Å². The third-order valence-electron chi connectivity index (χ3n) is 2.97. The van der Waals surface area contributed by atoms with Crippen LogP contribution >= 0.6 is 22.7 Å². The molecule has 1 aliphatic carbocycles. The van der Waals surface area contributed by atoms with Crippen LogP contribution in [-0.4, -0.2) is 16.0 Å². The van der Waals surface area contributed by atoms with E-state index in [-0.39, 0.29) is 6.04 Å². The van der Waals surface area contributed by atoms with Gasteiger partial charge in [0.05, 0.1) is 5.69 Å². The quantitative estimate of drug-likeness (QED) is 0.923. The molecule has 2 aromatic heterocycles. The number of aromatic nitrogens is 2. The van der Waals surface area contributed by atoms with Crippen LogP contribution in [0, 0.1) is 13.8 Å². The van der Waals surface area contributed by atoms with Gasteiger partial charge >= 0.3 is 0 Å². The van der Waals surface area contributed by atoms with Crippen LogP contribution in [-0.2, 0) is 0 Å². The lowest BCUT2D eigenvalue weighted by atomic mass is 10.3. The lowest BCUT2D eigenvalue weighted by molar-refractivity contribution is 0.594. The average molecular weight is 265 g/mol. The first-order chi connectivity index (χ1) is 8.24. The number of aryl methyl sites for hydroxylation is 2. The first-order valence-corrected chi connectivity index (χ1v) is 7.53. The maximum absolute atomic E-state index is 4.67. The standard InChI is InChI=1S/C12H15N3S2/c1-7-8(2)17-12(14-7)10(15-9-3-4-9)11-13-5-6-16-11/h5-6,9-10,15H,3-4H2,1-2H3. The van der Waals surface area contributed by atoms with Gasteiger partial charge < -0.3 is 0 Å². The zero-order valence-corrected chi connectivity index (χ0v) is 11.6. The molecule has 0 radical (unpaired) electrons. The largest absolute Gasteiger partial charge is 0.299 e. The van der Waals surface area contributed by atoms with Gasteiger partial charge in [0.1, 0.15) is 16.1 Å². The van der Waals surface area contributed by atoms with Crippen molar-refractivity contribution in [2.24, 2.45) is 0 Å². The molecule has 2 heterocycles. The molecule has 1 unspecified atom stereocenters. The van der Waals surface area contributed by atoms with Gasteiger partial charge in [-0.15, -0.1) is 22.7 Å². The van der Waals surface area contributed by atoms with Gasteiger partial charge in [0, 0.05) is 22.5 Å². The zero-order chi connectivity index (χ0) is 11.8. The van der Waals surface area contributed by atoms with Crippen molar-refractivity contribution in [3.05, 3.63) is 32.2 Å². The molecule has 5 heteroatoms. The third-order valence-corrected chi connectivity index (χ3v) is 4.95. The highest BCUT2D eigenvalue weighted by atomic mass is 32.1.